The number of benzene rings is 1. The maximum Gasteiger partial charge on any atom is 0.244 e. The topological polar surface area (TPSA) is 65.4 Å². The van der Waals surface area contributed by atoms with Crippen molar-refractivity contribution in [2.45, 2.75) is 37.5 Å². The molecule has 2 aliphatic rings. The van der Waals surface area contributed by atoms with Gasteiger partial charge in [-0.25, -0.2) is 4.98 Å². The lowest BCUT2D eigenvalue weighted by molar-refractivity contribution is -0.179. The minimum absolute atomic E-state index is 0.0575. The lowest BCUT2D eigenvalue weighted by Crippen LogP contribution is -2.43. The zero-order valence-corrected chi connectivity index (χ0v) is 14.6. The van der Waals surface area contributed by atoms with E-state index < -0.39 is 0 Å². The van der Waals surface area contributed by atoms with Crippen molar-refractivity contribution < 1.29 is 14.3 Å². The van der Waals surface area contributed by atoms with E-state index in [0.29, 0.717) is 13.2 Å². The van der Waals surface area contributed by atoms with Crippen LogP contribution in [0.3, 0.4) is 0 Å². The maximum absolute atomic E-state index is 12.2. The van der Waals surface area contributed by atoms with Crippen molar-refractivity contribution in [1.29, 1.82) is 0 Å². The van der Waals surface area contributed by atoms with Gasteiger partial charge in [-0.2, -0.15) is 0 Å². The molecule has 1 N–H and O–H groups in total. The van der Waals surface area contributed by atoms with Crippen LogP contribution in [0.2, 0.25) is 0 Å². The van der Waals surface area contributed by atoms with Gasteiger partial charge in [-0.05, 0) is 36.6 Å². The SMILES string of the molecule is O=C(C=Cc1ccc(-n2ccnc2)cc1)NC1CCC2(CC1)OCCO2. The van der Waals surface area contributed by atoms with Crippen molar-refractivity contribution in [3.05, 3.63) is 54.6 Å². The number of nitrogens with one attached hydrogen (secondary N) is 1. The second-order valence-electron chi connectivity index (χ2n) is 6.79. The number of hydrogen-bond acceptors (Lipinski definition) is 4. The predicted molar refractivity (Wildman–Crippen MR) is 97.6 cm³/mol. The van der Waals surface area contributed by atoms with Gasteiger partial charge in [-0.3, -0.25) is 4.79 Å². The molecule has 1 saturated carbocycles. The van der Waals surface area contributed by atoms with Crippen LogP contribution in [-0.4, -0.2) is 40.5 Å². The summed E-state index contributed by atoms with van der Waals surface area (Å²) in [6.45, 7) is 1.36. The van der Waals surface area contributed by atoms with Crippen LogP contribution in [-0.2, 0) is 14.3 Å². The summed E-state index contributed by atoms with van der Waals surface area (Å²) in [6, 6.07) is 8.16. The lowest BCUT2D eigenvalue weighted by Gasteiger charge is -2.35. The molecule has 1 aromatic heterocycles. The van der Waals surface area contributed by atoms with Crippen LogP contribution in [0, 0.1) is 0 Å². The van der Waals surface area contributed by atoms with Gasteiger partial charge in [0.05, 0.1) is 19.5 Å². The van der Waals surface area contributed by atoms with Crippen LogP contribution in [0.25, 0.3) is 11.8 Å². The van der Waals surface area contributed by atoms with Crippen molar-refractivity contribution in [2.75, 3.05) is 13.2 Å². The molecule has 0 radical (unpaired) electrons. The number of aromatic nitrogens is 2. The fourth-order valence-corrected chi connectivity index (χ4v) is 3.58. The van der Waals surface area contributed by atoms with E-state index in [-0.39, 0.29) is 17.7 Å². The van der Waals surface area contributed by atoms with E-state index in [1.165, 1.54) is 0 Å². The maximum atomic E-state index is 12.2. The second kappa shape index (κ2) is 7.43. The van der Waals surface area contributed by atoms with Crippen LogP contribution >= 0.6 is 0 Å². The quantitative estimate of drug-likeness (QED) is 0.859. The molecule has 6 nitrogen and oxygen atoms in total. The highest BCUT2D eigenvalue weighted by Crippen LogP contribution is 2.35. The highest BCUT2D eigenvalue weighted by atomic mass is 16.7. The van der Waals surface area contributed by atoms with Crippen LogP contribution in [0.4, 0.5) is 0 Å². The van der Waals surface area contributed by atoms with Crippen molar-refractivity contribution in [2.24, 2.45) is 0 Å². The number of hydrogen-bond donors (Lipinski definition) is 1. The molecule has 2 heterocycles. The molecule has 1 amide bonds. The zero-order chi connectivity index (χ0) is 17.8. The first kappa shape index (κ1) is 17.0. The fraction of sp³-hybridized carbons (Fsp3) is 0.400. The van der Waals surface area contributed by atoms with Crippen LogP contribution in [0.15, 0.2) is 49.1 Å². The minimum atomic E-state index is -0.381. The van der Waals surface area contributed by atoms with Gasteiger partial charge in [0, 0.05) is 43.0 Å². The molecule has 26 heavy (non-hydrogen) atoms. The Morgan fingerprint density at radius 1 is 1.19 bits per heavy atom. The van der Waals surface area contributed by atoms with E-state index >= 15 is 0 Å². The monoisotopic (exact) mass is 353 g/mol. The number of ether oxygens (including phenoxy) is 2. The summed E-state index contributed by atoms with van der Waals surface area (Å²) in [5.41, 5.74) is 2.02. The molecule has 6 heteroatoms. The van der Waals surface area contributed by atoms with Gasteiger partial charge in [0.1, 0.15) is 0 Å². The normalized spacial score (nSPS) is 20.0. The highest BCUT2D eigenvalue weighted by molar-refractivity contribution is 5.91. The summed E-state index contributed by atoms with van der Waals surface area (Å²) in [6.07, 6.45) is 12.3. The largest absolute Gasteiger partial charge is 0.350 e. The summed E-state index contributed by atoms with van der Waals surface area (Å²) in [5.74, 6) is -0.438. The van der Waals surface area contributed by atoms with E-state index in [1.807, 2.05) is 41.1 Å². The standard InChI is InChI=1S/C20H23N3O3/c24-19(22-17-7-9-20(10-8-17)25-13-14-26-20)6-3-16-1-4-18(5-2-16)23-12-11-21-15-23/h1-6,11-12,15,17H,7-10,13-14H2,(H,22,24). The summed E-state index contributed by atoms with van der Waals surface area (Å²) in [4.78, 5) is 16.2. The molecule has 1 aromatic carbocycles. The van der Waals surface area contributed by atoms with E-state index in [4.69, 9.17) is 9.47 Å². The van der Waals surface area contributed by atoms with Crippen molar-refractivity contribution >= 4 is 12.0 Å². The van der Waals surface area contributed by atoms with Gasteiger partial charge >= 0.3 is 0 Å². The van der Waals surface area contributed by atoms with Crippen molar-refractivity contribution in [3.63, 3.8) is 0 Å². The predicted octanol–water partition coefficient (Wildman–Crippen LogP) is 2.69. The summed E-state index contributed by atoms with van der Waals surface area (Å²) >= 11 is 0. The Hall–Kier alpha value is -2.44. The van der Waals surface area contributed by atoms with Crippen LogP contribution in [0.5, 0.6) is 0 Å². The van der Waals surface area contributed by atoms with E-state index in [9.17, 15) is 4.79 Å². The molecule has 4 rings (SSSR count). The van der Waals surface area contributed by atoms with E-state index in [0.717, 1.165) is 36.9 Å². The van der Waals surface area contributed by atoms with Gasteiger partial charge in [0.2, 0.25) is 5.91 Å². The van der Waals surface area contributed by atoms with Crippen LogP contribution < -0.4 is 5.32 Å². The number of rotatable bonds is 4. The van der Waals surface area contributed by atoms with Crippen molar-refractivity contribution in [1.82, 2.24) is 14.9 Å². The van der Waals surface area contributed by atoms with Gasteiger partial charge < -0.3 is 19.4 Å². The first-order valence-electron chi connectivity index (χ1n) is 9.07. The van der Waals surface area contributed by atoms with Gasteiger partial charge in [-0.1, -0.05) is 12.1 Å². The molecule has 2 aromatic rings. The lowest BCUT2D eigenvalue weighted by atomic mass is 9.90. The average Bonchev–Trinajstić information content (AvgIpc) is 3.35. The zero-order valence-electron chi connectivity index (χ0n) is 14.6. The minimum Gasteiger partial charge on any atom is -0.350 e. The Morgan fingerprint density at radius 3 is 2.58 bits per heavy atom. The summed E-state index contributed by atoms with van der Waals surface area (Å²) < 4.78 is 13.4. The third-order valence-corrected chi connectivity index (χ3v) is 5.03. The highest BCUT2D eigenvalue weighted by Gasteiger charge is 2.40. The Bertz CT molecular complexity index is 752. The van der Waals surface area contributed by atoms with E-state index in [2.05, 4.69) is 10.3 Å². The number of carbonyl (C=O) groups excluding carboxylic acids is 1. The first-order chi connectivity index (χ1) is 12.7. The molecule has 1 saturated heterocycles. The number of imidazole rings is 1. The molecule has 0 unspecified atom stereocenters. The molecular weight excluding hydrogens is 330 g/mol. The number of nitrogens with zero attached hydrogens (tertiary/aromatic N) is 2. The van der Waals surface area contributed by atoms with Crippen LogP contribution in [0.1, 0.15) is 31.2 Å². The Balaban J connectivity index is 1.28. The smallest absolute Gasteiger partial charge is 0.244 e. The molecule has 1 spiro atoms. The first-order valence-corrected chi connectivity index (χ1v) is 9.07. The van der Waals surface area contributed by atoms with E-state index in [1.54, 1.807) is 18.6 Å². The summed E-state index contributed by atoms with van der Waals surface area (Å²) in [5, 5.41) is 3.08. The average molecular weight is 353 g/mol. The Kier molecular flexibility index (Phi) is 4.86. The molecule has 0 bridgehead atoms. The Labute approximate surface area is 152 Å². The molecule has 1 aliphatic carbocycles. The molecule has 2 fully saturated rings. The third-order valence-electron chi connectivity index (χ3n) is 5.03. The molecule has 136 valence electrons. The fourth-order valence-electron chi connectivity index (χ4n) is 3.58. The van der Waals surface area contributed by atoms with Gasteiger partial charge in [0.25, 0.3) is 0 Å². The third kappa shape index (κ3) is 3.86. The molecule has 1 aliphatic heterocycles. The second-order valence-corrected chi connectivity index (χ2v) is 6.79. The summed E-state index contributed by atoms with van der Waals surface area (Å²) in [7, 11) is 0. The molecule has 0 atom stereocenters. The van der Waals surface area contributed by atoms with Crippen molar-refractivity contribution in [3.8, 4) is 5.69 Å². The Morgan fingerprint density at radius 2 is 1.92 bits per heavy atom. The number of amides is 1. The number of carbonyl (C=O) groups is 1. The molecular formula is C20H23N3O3. The van der Waals surface area contributed by atoms with Gasteiger partial charge in [-0.15, -0.1) is 0 Å². The van der Waals surface area contributed by atoms with Gasteiger partial charge in [0.15, 0.2) is 5.79 Å².